The first-order chi connectivity index (χ1) is 6.20. The maximum absolute atomic E-state index is 8.83. The molecule has 0 aromatic heterocycles. The third kappa shape index (κ3) is 8.04. The largest absolute Gasteiger partial charge is 0.392 e. The second-order valence-electron chi connectivity index (χ2n) is 4.00. The van der Waals surface area contributed by atoms with Gasteiger partial charge in [-0.05, 0) is 19.3 Å². The van der Waals surface area contributed by atoms with Crippen LogP contribution >= 0.6 is 0 Å². The Morgan fingerprint density at radius 3 is 2.54 bits per heavy atom. The van der Waals surface area contributed by atoms with Crippen molar-refractivity contribution in [3.05, 3.63) is 11.6 Å². The molecule has 0 heterocycles. The van der Waals surface area contributed by atoms with E-state index in [9.17, 15) is 0 Å². The minimum atomic E-state index is 0.208. The number of hydrogen-bond acceptors (Lipinski definition) is 1. The molecule has 1 atom stereocenters. The van der Waals surface area contributed by atoms with Crippen molar-refractivity contribution in [2.75, 3.05) is 6.61 Å². The van der Waals surface area contributed by atoms with E-state index in [4.69, 9.17) is 5.11 Å². The van der Waals surface area contributed by atoms with Gasteiger partial charge in [0.2, 0.25) is 0 Å². The van der Waals surface area contributed by atoms with E-state index in [1.807, 2.05) is 6.92 Å². The van der Waals surface area contributed by atoms with Gasteiger partial charge in [-0.25, -0.2) is 0 Å². The molecule has 78 valence electrons. The fourth-order valence-corrected chi connectivity index (χ4v) is 1.51. The van der Waals surface area contributed by atoms with E-state index in [0.29, 0.717) is 5.92 Å². The fraction of sp³-hybridized carbons (Fsp3) is 0.833. The molecule has 0 spiro atoms. The minimum absolute atomic E-state index is 0.208. The maximum Gasteiger partial charge on any atom is 0.0639 e. The highest BCUT2D eigenvalue weighted by Crippen LogP contribution is 2.13. The Labute approximate surface area is 82.9 Å². The third-order valence-electron chi connectivity index (χ3n) is 2.33. The lowest BCUT2D eigenvalue weighted by molar-refractivity contribution is 0.330. The monoisotopic (exact) mass is 184 g/mol. The van der Waals surface area contributed by atoms with E-state index in [1.54, 1.807) is 0 Å². The second kappa shape index (κ2) is 8.31. The molecule has 0 fully saturated rings. The highest BCUT2D eigenvalue weighted by atomic mass is 16.3. The molecule has 0 amide bonds. The van der Waals surface area contributed by atoms with Gasteiger partial charge in [-0.1, -0.05) is 51.2 Å². The van der Waals surface area contributed by atoms with Crippen LogP contribution in [0.5, 0.6) is 0 Å². The molecule has 13 heavy (non-hydrogen) atoms. The molecule has 0 saturated carbocycles. The van der Waals surface area contributed by atoms with Gasteiger partial charge >= 0.3 is 0 Å². The van der Waals surface area contributed by atoms with Crippen molar-refractivity contribution in [1.29, 1.82) is 0 Å². The Balaban J connectivity index is 3.45. The van der Waals surface area contributed by atoms with Crippen LogP contribution in [0.4, 0.5) is 0 Å². The van der Waals surface area contributed by atoms with Gasteiger partial charge in [0.25, 0.3) is 0 Å². The van der Waals surface area contributed by atoms with Crippen molar-refractivity contribution in [2.24, 2.45) is 5.92 Å². The molecule has 0 aromatic rings. The van der Waals surface area contributed by atoms with Crippen LogP contribution < -0.4 is 0 Å². The smallest absolute Gasteiger partial charge is 0.0639 e. The normalized spacial score (nSPS) is 14.6. The summed E-state index contributed by atoms with van der Waals surface area (Å²) < 4.78 is 0. The Hall–Kier alpha value is -0.300. The minimum Gasteiger partial charge on any atom is -0.392 e. The third-order valence-corrected chi connectivity index (χ3v) is 2.33. The molecular weight excluding hydrogens is 160 g/mol. The van der Waals surface area contributed by atoms with Gasteiger partial charge in [-0.15, -0.1) is 0 Å². The van der Waals surface area contributed by atoms with E-state index in [0.717, 1.165) is 5.57 Å². The average Bonchev–Trinajstić information content (AvgIpc) is 2.12. The molecule has 1 N–H and O–H groups in total. The molecule has 0 radical (unpaired) electrons. The van der Waals surface area contributed by atoms with E-state index < -0.39 is 0 Å². The van der Waals surface area contributed by atoms with Crippen LogP contribution in [0.2, 0.25) is 0 Å². The molecule has 0 aliphatic carbocycles. The summed E-state index contributed by atoms with van der Waals surface area (Å²) in [6, 6.07) is 0. The van der Waals surface area contributed by atoms with E-state index >= 15 is 0 Å². The van der Waals surface area contributed by atoms with Crippen molar-refractivity contribution < 1.29 is 5.11 Å². The van der Waals surface area contributed by atoms with Crippen LogP contribution in [-0.2, 0) is 0 Å². The van der Waals surface area contributed by atoms with Crippen LogP contribution in [0.15, 0.2) is 11.6 Å². The van der Waals surface area contributed by atoms with Gasteiger partial charge in [0, 0.05) is 0 Å². The molecule has 0 rings (SSSR count). The zero-order valence-corrected chi connectivity index (χ0v) is 9.34. The Morgan fingerprint density at radius 2 is 2.00 bits per heavy atom. The van der Waals surface area contributed by atoms with Crippen molar-refractivity contribution in [3.8, 4) is 0 Å². The van der Waals surface area contributed by atoms with Crippen LogP contribution in [0.1, 0.15) is 52.9 Å². The van der Waals surface area contributed by atoms with Crippen LogP contribution in [-0.4, -0.2) is 11.7 Å². The van der Waals surface area contributed by atoms with Crippen molar-refractivity contribution >= 4 is 0 Å². The SMILES string of the molecule is CCCCCC[C@@H](C)/C=C(\C)CO. The first kappa shape index (κ1) is 12.7. The number of aliphatic hydroxyl groups is 1. The van der Waals surface area contributed by atoms with Crippen molar-refractivity contribution in [3.63, 3.8) is 0 Å². The predicted octanol–water partition coefficient (Wildman–Crippen LogP) is 3.53. The average molecular weight is 184 g/mol. The van der Waals surface area contributed by atoms with E-state index in [1.165, 1.54) is 32.1 Å². The van der Waals surface area contributed by atoms with Crippen molar-refractivity contribution in [1.82, 2.24) is 0 Å². The molecule has 0 aliphatic heterocycles. The number of allylic oxidation sites excluding steroid dienone is 1. The predicted molar refractivity (Wildman–Crippen MR) is 58.8 cm³/mol. The molecule has 0 bridgehead atoms. The molecular formula is C12H24O. The molecule has 0 aromatic carbocycles. The van der Waals surface area contributed by atoms with Crippen LogP contribution in [0.3, 0.4) is 0 Å². The molecule has 0 saturated heterocycles. The highest BCUT2D eigenvalue weighted by molar-refractivity contribution is 4.99. The lowest BCUT2D eigenvalue weighted by Gasteiger charge is -2.06. The Bertz CT molecular complexity index is 138. The van der Waals surface area contributed by atoms with Crippen LogP contribution in [0.25, 0.3) is 0 Å². The number of aliphatic hydroxyl groups excluding tert-OH is 1. The second-order valence-corrected chi connectivity index (χ2v) is 4.00. The number of hydrogen-bond donors (Lipinski definition) is 1. The summed E-state index contributed by atoms with van der Waals surface area (Å²) in [6.07, 6.45) is 8.79. The van der Waals surface area contributed by atoms with Gasteiger partial charge < -0.3 is 5.11 Å². The van der Waals surface area contributed by atoms with Gasteiger partial charge in [0.15, 0.2) is 0 Å². The fourth-order valence-electron chi connectivity index (χ4n) is 1.51. The molecule has 1 nitrogen and oxygen atoms in total. The first-order valence-corrected chi connectivity index (χ1v) is 5.48. The lowest BCUT2D eigenvalue weighted by atomic mass is 10.0. The summed E-state index contributed by atoms with van der Waals surface area (Å²) >= 11 is 0. The van der Waals surface area contributed by atoms with Crippen molar-refractivity contribution in [2.45, 2.75) is 52.9 Å². The topological polar surface area (TPSA) is 20.2 Å². The number of unbranched alkanes of at least 4 members (excludes halogenated alkanes) is 3. The van der Waals surface area contributed by atoms with Gasteiger partial charge in [0.1, 0.15) is 0 Å². The molecule has 1 heteroatoms. The quantitative estimate of drug-likeness (QED) is 0.474. The summed E-state index contributed by atoms with van der Waals surface area (Å²) in [5.41, 5.74) is 1.10. The Kier molecular flexibility index (Phi) is 8.11. The molecule has 0 aliphatic rings. The van der Waals surface area contributed by atoms with E-state index in [-0.39, 0.29) is 6.61 Å². The molecule has 0 unspecified atom stereocenters. The maximum atomic E-state index is 8.83. The van der Waals surface area contributed by atoms with Gasteiger partial charge in [-0.3, -0.25) is 0 Å². The summed E-state index contributed by atoms with van der Waals surface area (Å²) in [4.78, 5) is 0. The summed E-state index contributed by atoms with van der Waals surface area (Å²) in [5, 5.41) is 8.83. The standard InChI is InChI=1S/C12H24O/c1-4-5-6-7-8-11(2)9-12(3)10-13/h9,11,13H,4-8,10H2,1-3H3/b12-9+/t11-/m1/s1. The summed E-state index contributed by atoms with van der Waals surface area (Å²) in [7, 11) is 0. The number of rotatable bonds is 7. The highest BCUT2D eigenvalue weighted by Gasteiger charge is 1.98. The van der Waals surface area contributed by atoms with Gasteiger partial charge in [0.05, 0.1) is 6.61 Å². The zero-order valence-electron chi connectivity index (χ0n) is 9.34. The van der Waals surface area contributed by atoms with E-state index in [2.05, 4.69) is 19.9 Å². The van der Waals surface area contributed by atoms with Gasteiger partial charge in [-0.2, -0.15) is 0 Å². The first-order valence-electron chi connectivity index (χ1n) is 5.48. The Morgan fingerprint density at radius 1 is 1.31 bits per heavy atom. The summed E-state index contributed by atoms with van der Waals surface area (Å²) in [6.45, 7) is 6.66. The zero-order chi connectivity index (χ0) is 10.1. The lowest BCUT2D eigenvalue weighted by Crippen LogP contribution is -1.94. The summed E-state index contributed by atoms with van der Waals surface area (Å²) in [5.74, 6) is 0.629. The van der Waals surface area contributed by atoms with Crippen LogP contribution in [0, 0.1) is 5.92 Å².